The van der Waals surface area contributed by atoms with Crippen LogP contribution in [-0.4, -0.2) is 0 Å². The summed E-state index contributed by atoms with van der Waals surface area (Å²) in [6.45, 7) is 2.05. The average Bonchev–Trinajstić information content (AvgIpc) is 2.20. The van der Waals surface area contributed by atoms with E-state index in [9.17, 15) is 0 Å². The Balaban J connectivity index is 2.58. The smallest absolute Gasteiger partial charge is 0.0487 e. The van der Waals surface area contributed by atoms with Gasteiger partial charge in [0, 0.05) is 15.6 Å². The fraction of sp³-hybridized carbons (Fsp3) is 0.0769. The van der Waals surface area contributed by atoms with E-state index in [1.165, 1.54) is 5.56 Å². The molecule has 0 saturated heterocycles. The molecule has 0 nitrogen and oxygen atoms in total. The summed E-state index contributed by atoms with van der Waals surface area (Å²) in [4.78, 5) is 0. The maximum absolute atomic E-state index is 6.17. The van der Waals surface area contributed by atoms with Crippen molar-refractivity contribution in [1.82, 2.24) is 0 Å². The number of rotatable bonds is 1. The van der Waals surface area contributed by atoms with Crippen LogP contribution in [0.2, 0.25) is 10.0 Å². The van der Waals surface area contributed by atoms with E-state index in [-0.39, 0.29) is 0 Å². The summed E-state index contributed by atoms with van der Waals surface area (Å²) in [6.07, 6.45) is 0. The summed E-state index contributed by atoms with van der Waals surface area (Å²) in [5, 5.41) is 1.51. The third kappa shape index (κ3) is 2.17. The second-order valence-corrected chi connectivity index (χ2v) is 4.28. The van der Waals surface area contributed by atoms with E-state index in [0.29, 0.717) is 0 Å². The molecule has 0 atom stereocenters. The first-order chi connectivity index (χ1) is 7.18. The Morgan fingerprint density at radius 2 is 1.53 bits per heavy atom. The fourth-order valence-electron chi connectivity index (χ4n) is 1.61. The first kappa shape index (κ1) is 10.5. The molecule has 0 spiro atoms. The molecule has 15 heavy (non-hydrogen) atoms. The molecule has 0 aromatic heterocycles. The van der Waals surface area contributed by atoms with Gasteiger partial charge in [0.05, 0.1) is 0 Å². The molecule has 2 aromatic carbocycles. The van der Waals surface area contributed by atoms with Crippen molar-refractivity contribution in [3.8, 4) is 11.1 Å². The van der Waals surface area contributed by atoms with Crippen LogP contribution in [0.15, 0.2) is 42.5 Å². The zero-order chi connectivity index (χ0) is 10.8. The maximum Gasteiger partial charge on any atom is 0.0487 e. The molecule has 0 aliphatic rings. The van der Waals surface area contributed by atoms with Crippen molar-refractivity contribution >= 4 is 23.2 Å². The summed E-state index contributed by atoms with van der Waals surface area (Å²) >= 11 is 12.0. The molecule has 0 amide bonds. The van der Waals surface area contributed by atoms with Crippen LogP contribution in [0.3, 0.4) is 0 Å². The number of hydrogen-bond acceptors (Lipinski definition) is 0. The Bertz CT molecular complexity index is 452. The van der Waals surface area contributed by atoms with Crippen molar-refractivity contribution < 1.29 is 0 Å². The van der Waals surface area contributed by atoms with E-state index in [1.807, 2.05) is 36.4 Å². The highest BCUT2D eigenvalue weighted by atomic mass is 35.5. The minimum Gasteiger partial charge on any atom is -0.0843 e. The van der Waals surface area contributed by atoms with Gasteiger partial charge < -0.3 is 0 Å². The monoisotopic (exact) mass is 236 g/mol. The molecular formula is C13H10Cl2. The van der Waals surface area contributed by atoms with E-state index in [2.05, 4.69) is 13.0 Å². The first-order valence-corrected chi connectivity index (χ1v) is 5.45. The third-order valence-electron chi connectivity index (χ3n) is 2.35. The van der Waals surface area contributed by atoms with Crippen molar-refractivity contribution in [2.24, 2.45) is 0 Å². The largest absolute Gasteiger partial charge is 0.0843 e. The second-order valence-electron chi connectivity index (χ2n) is 3.44. The minimum atomic E-state index is 0.739. The molecule has 76 valence electrons. The van der Waals surface area contributed by atoms with Crippen LogP contribution < -0.4 is 0 Å². The Labute approximate surface area is 99.5 Å². The van der Waals surface area contributed by atoms with Gasteiger partial charge in [0.1, 0.15) is 0 Å². The molecule has 0 aliphatic carbocycles. The lowest BCUT2D eigenvalue weighted by molar-refractivity contribution is 1.46. The summed E-state index contributed by atoms with van der Waals surface area (Å²) < 4.78 is 0. The lowest BCUT2D eigenvalue weighted by Crippen LogP contribution is -1.84. The fourth-order valence-corrected chi connectivity index (χ4v) is 2.07. The van der Waals surface area contributed by atoms with E-state index >= 15 is 0 Å². The van der Waals surface area contributed by atoms with E-state index in [4.69, 9.17) is 23.2 Å². The van der Waals surface area contributed by atoms with E-state index in [1.54, 1.807) is 0 Å². The van der Waals surface area contributed by atoms with Crippen LogP contribution in [0.5, 0.6) is 0 Å². The van der Waals surface area contributed by atoms with Gasteiger partial charge in [0.2, 0.25) is 0 Å². The Morgan fingerprint density at radius 3 is 2.13 bits per heavy atom. The SMILES string of the molecule is Cc1cccc(Cl)c1-c1ccc(Cl)cc1. The number of hydrogen-bond donors (Lipinski definition) is 0. The van der Waals surface area contributed by atoms with Gasteiger partial charge >= 0.3 is 0 Å². The van der Waals surface area contributed by atoms with Crippen LogP contribution in [0.4, 0.5) is 0 Å². The second kappa shape index (κ2) is 4.26. The molecule has 2 heteroatoms. The molecule has 2 rings (SSSR count). The summed E-state index contributed by atoms with van der Waals surface area (Å²) in [7, 11) is 0. The van der Waals surface area contributed by atoms with Gasteiger partial charge in [-0.25, -0.2) is 0 Å². The lowest BCUT2D eigenvalue weighted by Gasteiger charge is -2.08. The van der Waals surface area contributed by atoms with Crippen molar-refractivity contribution in [3.63, 3.8) is 0 Å². The summed E-state index contributed by atoms with van der Waals surface area (Å²) in [5.41, 5.74) is 3.35. The van der Waals surface area contributed by atoms with Crippen molar-refractivity contribution in [1.29, 1.82) is 0 Å². The molecule has 0 heterocycles. The van der Waals surface area contributed by atoms with Gasteiger partial charge in [-0.2, -0.15) is 0 Å². The van der Waals surface area contributed by atoms with Crippen molar-refractivity contribution in [2.45, 2.75) is 6.92 Å². The average molecular weight is 237 g/mol. The van der Waals surface area contributed by atoms with Crippen LogP contribution in [-0.2, 0) is 0 Å². The summed E-state index contributed by atoms with van der Waals surface area (Å²) in [6, 6.07) is 13.6. The van der Waals surface area contributed by atoms with Gasteiger partial charge in [0.25, 0.3) is 0 Å². The Kier molecular flexibility index (Phi) is 2.99. The van der Waals surface area contributed by atoms with Gasteiger partial charge in [0.15, 0.2) is 0 Å². The molecule has 0 radical (unpaired) electrons. The molecule has 2 aromatic rings. The molecule has 0 unspecified atom stereocenters. The highest BCUT2D eigenvalue weighted by Gasteiger charge is 2.05. The van der Waals surface area contributed by atoms with Crippen LogP contribution in [0.1, 0.15) is 5.56 Å². The number of benzene rings is 2. The van der Waals surface area contributed by atoms with Gasteiger partial charge in [-0.3, -0.25) is 0 Å². The predicted molar refractivity (Wildman–Crippen MR) is 66.6 cm³/mol. The Morgan fingerprint density at radius 1 is 0.867 bits per heavy atom. The third-order valence-corrected chi connectivity index (χ3v) is 2.92. The Hall–Kier alpha value is -0.980. The van der Waals surface area contributed by atoms with E-state index < -0.39 is 0 Å². The van der Waals surface area contributed by atoms with Crippen molar-refractivity contribution in [3.05, 3.63) is 58.1 Å². The molecule has 0 saturated carbocycles. The zero-order valence-corrected chi connectivity index (χ0v) is 9.81. The van der Waals surface area contributed by atoms with Crippen LogP contribution >= 0.6 is 23.2 Å². The molecular weight excluding hydrogens is 227 g/mol. The van der Waals surface area contributed by atoms with Crippen LogP contribution in [0.25, 0.3) is 11.1 Å². The zero-order valence-electron chi connectivity index (χ0n) is 8.30. The highest BCUT2D eigenvalue weighted by Crippen LogP contribution is 2.31. The number of aryl methyl sites for hydroxylation is 1. The molecule has 0 N–H and O–H groups in total. The van der Waals surface area contributed by atoms with Crippen molar-refractivity contribution in [2.75, 3.05) is 0 Å². The maximum atomic E-state index is 6.17. The summed E-state index contributed by atoms with van der Waals surface area (Å²) in [5.74, 6) is 0. The molecule has 0 fully saturated rings. The van der Waals surface area contributed by atoms with Gasteiger partial charge in [-0.1, -0.05) is 47.5 Å². The standard InChI is InChI=1S/C13H10Cl2/c1-9-3-2-4-12(15)13(9)10-5-7-11(14)8-6-10/h2-8H,1H3. The lowest BCUT2D eigenvalue weighted by atomic mass is 10.0. The molecule has 0 aliphatic heterocycles. The predicted octanol–water partition coefficient (Wildman–Crippen LogP) is 4.97. The topological polar surface area (TPSA) is 0 Å². The molecule has 0 bridgehead atoms. The first-order valence-electron chi connectivity index (χ1n) is 4.69. The van der Waals surface area contributed by atoms with Gasteiger partial charge in [-0.05, 0) is 36.2 Å². The minimum absolute atomic E-state index is 0.739. The number of halogens is 2. The van der Waals surface area contributed by atoms with E-state index in [0.717, 1.165) is 21.2 Å². The van der Waals surface area contributed by atoms with Crippen LogP contribution in [0, 0.1) is 6.92 Å². The normalized spacial score (nSPS) is 10.3. The van der Waals surface area contributed by atoms with Gasteiger partial charge in [-0.15, -0.1) is 0 Å². The quantitative estimate of drug-likeness (QED) is 0.656. The highest BCUT2D eigenvalue weighted by molar-refractivity contribution is 6.33.